The quantitative estimate of drug-likeness (QED) is 0.287. The van der Waals surface area contributed by atoms with E-state index in [9.17, 15) is 24.3 Å². The number of fused-ring (bicyclic) bond motifs is 4. The summed E-state index contributed by atoms with van der Waals surface area (Å²) >= 11 is 0. The first-order chi connectivity index (χ1) is 22.1. The Kier molecular flexibility index (Phi) is 6.73. The van der Waals surface area contributed by atoms with Gasteiger partial charge in [0, 0.05) is 17.5 Å². The molecule has 234 valence electrons. The van der Waals surface area contributed by atoms with Crippen LogP contribution in [0, 0.1) is 30.6 Å². The number of hydrogen-bond acceptors (Lipinski definition) is 8. The van der Waals surface area contributed by atoms with Crippen LogP contribution < -0.4 is 15.9 Å². The minimum atomic E-state index is -1.54. The predicted octanol–water partition coefficient (Wildman–Crippen LogP) is 3.77. The molecule has 0 spiro atoms. The number of likely N-dealkylation sites (tertiary alicyclic amines) is 1. The number of nitrogens with zero attached hydrogens (tertiary/aromatic N) is 2. The number of carbonyl (C=O) groups excluding carboxylic acids is 5. The Morgan fingerprint density at radius 1 is 0.957 bits per heavy atom. The molecule has 4 aliphatic rings. The van der Waals surface area contributed by atoms with Gasteiger partial charge in [0.25, 0.3) is 11.8 Å². The predicted molar refractivity (Wildman–Crippen MR) is 165 cm³/mol. The molecule has 46 heavy (non-hydrogen) atoms. The number of aromatic hydroxyl groups is 1. The van der Waals surface area contributed by atoms with Gasteiger partial charge in [0.15, 0.2) is 0 Å². The third-order valence-corrected chi connectivity index (χ3v) is 10.2. The maximum absolute atomic E-state index is 15.0. The number of carbonyl (C=O) groups is 5. The highest BCUT2D eigenvalue weighted by molar-refractivity contribution is 6.17. The molecule has 0 radical (unpaired) electrons. The molecule has 6 unspecified atom stereocenters. The number of urea groups is 1. The van der Waals surface area contributed by atoms with Crippen LogP contribution in [-0.4, -0.2) is 51.8 Å². The lowest BCUT2D eigenvalue weighted by Gasteiger charge is -2.50. The van der Waals surface area contributed by atoms with E-state index in [0.717, 1.165) is 10.6 Å². The Hall–Kier alpha value is -5.45. The number of nitrogens with two attached hydrogens (primary N) is 1. The fourth-order valence-electron chi connectivity index (χ4n) is 8.20. The van der Waals surface area contributed by atoms with Crippen LogP contribution in [0.2, 0.25) is 0 Å². The summed E-state index contributed by atoms with van der Waals surface area (Å²) in [6.07, 6.45) is 2.02. The van der Waals surface area contributed by atoms with Gasteiger partial charge in [-0.15, -0.1) is 0 Å². The third kappa shape index (κ3) is 4.00. The van der Waals surface area contributed by atoms with E-state index in [2.05, 4.69) is 5.43 Å². The molecule has 1 saturated carbocycles. The van der Waals surface area contributed by atoms with E-state index in [-0.39, 0.29) is 18.6 Å². The number of nitrogens with one attached hydrogen (secondary N) is 1. The lowest BCUT2D eigenvalue weighted by Crippen LogP contribution is -2.53. The van der Waals surface area contributed by atoms with Gasteiger partial charge in [-0.3, -0.25) is 24.6 Å². The highest BCUT2D eigenvalue weighted by Gasteiger charge is 2.70. The second-order valence-electron chi connectivity index (χ2n) is 12.4. The normalized spacial score (nSPS) is 28.4. The van der Waals surface area contributed by atoms with Crippen LogP contribution in [0.25, 0.3) is 0 Å². The van der Waals surface area contributed by atoms with Crippen LogP contribution in [0.3, 0.4) is 0 Å². The van der Waals surface area contributed by atoms with E-state index in [4.69, 9.17) is 10.5 Å². The number of imide groups is 4. The molecule has 6 atom stereocenters. The summed E-state index contributed by atoms with van der Waals surface area (Å²) in [6, 6.07) is 19.9. The van der Waals surface area contributed by atoms with Crippen molar-refractivity contribution in [2.24, 2.45) is 29.4 Å². The van der Waals surface area contributed by atoms with Gasteiger partial charge in [-0.05, 0) is 49.4 Å². The van der Waals surface area contributed by atoms with Gasteiger partial charge in [-0.2, -0.15) is 9.91 Å². The zero-order chi connectivity index (χ0) is 32.5. The van der Waals surface area contributed by atoms with Gasteiger partial charge in [0.1, 0.15) is 11.5 Å². The number of aryl methyl sites for hydroxylation is 1. The average molecular weight is 621 g/mol. The minimum absolute atomic E-state index is 0.0532. The number of allylic oxidation sites excluding steroid dienone is 2. The lowest BCUT2D eigenvalue weighted by atomic mass is 9.49. The molecule has 11 heteroatoms. The molecular formula is C35H32N4O7. The molecular weight excluding hydrogens is 588 g/mol. The van der Waals surface area contributed by atoms with Crippen LogP contribution >= 0.6 is 0 Å². The number of hydrazine groups is 1. The molecule has 11 nitrogen and oxygen atoms in total. The summed E-state index contributed by atoms with van der Waals surface area (Å²) in [4.78, 5) is 69.2. The maximum atomic E-state index is 15.0. The first-order valence-electron chi connectivity index (χ1n) is 15.1. The number of amides is 6. The Balaban J connectivity index is 1.47. The zero-order valence-electron chi connectivity index (χ0n) is 25.2. The van der Waals surface area contributed by atoms with Gasteiger partial charge >= 0.3 is 6.03 Å². The van der Waals surface area contributed by atoms with Crippen molar-refractivity contribution in [1.82, 2.24) is 9.91 Å². The molecule has 3 aromatic rings. The number of methoxy groups -OCH3 is 1. The average Bonchev–Trinajstić information content (AvgIpc) is 3.43. The third-order valence-electron chi connectivity index (χ3n) is 10.2. The Morgan fingerprint density at radius 3 is 2.33 bits per heavy atom. The van der Waals surface area contributed by atoms with Crippen LogP contribution in [0.1, 0.15) is 35.4 Å². The standard InChI is InChI=1S/C35H32N4O7/c1-18-8-10-20(11-9-18)37-39-31(42)26-17-25-22(14-15-24-28(25)32(43)38(30(24)41)34(36)45)29(23-13-12-21(46-2)16-27(23)40)35(26,33(39)44)19-6-4-3-5-7-19/h3-14,16,24-26,28-29,37,40H,15,17H2,1-2H3,(H2,36,45). The van der Waals surface area contributed by atoms with E-state index in [1.54, 1.807) is 48.5 Å². The summed E-state index contributed by atoms with van der Waals surface area (Å²) in [5.41, 5.74) is 10.1. The van der Waals surface area contributed by atoms with Crippen LogP contribution in [0.5, 0.6) is 11.5 Å². The van der Waals surface area contributed by atoms with Gasteiger partial charge in [-0.1, -0.05) is 65.7 Å². The van der Waals surface area contributed by atoms with Crippen molar-refractivity contribution in [1.29, 1.82) is 0 Å². The van der Waals surface area contributed by atoms with Crippen molar-refractivity contribution < 1.29 is 33.8 Å². The van der Waals surface area contributed by atoms with E-state index in [1.807, 2.05) is 31.2 Å². The maximum Gasteiger partial charge on any atom is 0.328 e. The van der Waals surface area contributed by atoms with Gasteiger partial charge < -0.3 is 15.6 Å². The lowest BCUT2D eigenvalue weighted by molar-refractivity contribution is -0.139. The number of phenolic OH excluding ortho intramolecular Hbond substituents is 1. The Bertz CT molecular complexity index is 1840. The molecule has 4 N–H and O–H groups in total. The Labute approximate surface area is 264 Å². The molecule has 0 aromatic heterocycles. The number of rotatable bonds is 5. The molecule has 3 aromatic carbocycles. The van der Waals surface area contributed by atoms with Crippen LogP contribution in [-0.2, 0) is 24.6 Å². The monoisotopic (exact) mass is 620 g/mol. The first-order valence-corrected chi connectivity index (χ1v) is 15.1. The van der Waals surface area contributed by atoms with E-state index >= 15 is 4.79 Å². The van der Waals surface area contributed by atoms with Crippen LogP contribution in [0.15, 0.2) is 84.4 Å². The molecule has 0 bridgehead atoms. The SMILES string of the molecule is COc1ccc(C2C3=CCC4C(=O)N(C(N)=O)C(=O)C4C3CC3C(=O)N(Nc4ccc(C)cc4)C(=O)C32c2ccccc2)c(O)c1. The van der Waals surface area contributed by atoms with Gasteiger partial charge in [0.2, 0.25) is 11.8 Å². The van der Waals surface area contributed by atoms with Crippen LogP contribution in [0.4, 0.5) is 10.5 Å². The number of primary amides is 1. The fourth-order valence-corrected chi connectivity index (χ4v) is 8.20. The van der Waals surface area contributed by atoms with Crippen molar-refractivity contribution in [2.75, 3.05) is 12.5 Å². The minimum Gasteiger partial charge on any atom is -0.508 e. The molecule has 2 saturated heterocycles. The summed E-state index contributed by atoms with van der Waals surface area (Å²) in [5, 5.41) is 12.5. The topological polar surface area (TPSA) is 159 Å². The fraction of sp³-hybridized carbons (Fsp3) is 0.286. The molecule has 2 aliphatic heterocycles. The molecule has 2 aliphatic carbocycles. The van der Waals surface area contributed by atoms with Gasteiger partial charge in [-0.25, -0.2) is 4.79 Å². The first kappa shape index (κ1) is 29.3. The summed E-state index contributed by atoms with van der Waals surface area (Å²) in [6.45, 7) is 1.93. The highest BCUT2D eigenvalue weighted by Crippen LogP contribution is 2.65. The highest BCUT2D eigenvalue weighted by atomic mass is 16.5. The van der Waals surface area contributed by atoms with E-state index < -0.39 is 64.7 Å². The molecule has 6 amide bonds. The van der Waals surface area contributed by atoms with Crippen molar-refractivity contribution >= 4 is 35.3 Å². The number of ether oxygens (including phenoxy) is 1. The van der Waals surface area contributed by atoms with E-state index in [1.165, 1.54) is 13.2 Å². The molecule has 7 rings (SSSR count). The smallest absolute Gasteiger partial charge is 0.328 e. The number of anilines is 1. The number of phenols is 1. The summed E-state index contributed by atoms with van der Waals surface area (Å²) < 4.78 is 5.34. The van der Waals surface area contributed by atoms with Crippen molar-refractivity contribution in [3.05, 3.63) is 101 Å². The second-order valence-corrected chi connectivity index (χ2v) is 12.4. The largest absolute Gasteiger partial charge is 0.508 e. The van der Waals surface area contributed by atoms with Crippen molar-refractivity contribution in [2.45, 2.75) is 31.1 Å². The van der Waals surface area contributed by atoms with Crippen molar-refractivity contribution in [3.8, 4) is 11.5 Å². The summed E-state index contributed by atoms with van der Waals surface area (Å²) in [5.74, 6) is -6.56. The van der Waals surface area contributed by atoms with Gasteiger partial charge in [0.05, 0.1) is 36.0 Å². The number of hydrogen-bond donors (Lipinski definition) is 3. The molecule has 3 fully saturated rings. The Morgan fingerprint density at radius 2 is 1.67 bits per heavy atom. The molecule has 2 heterocycles. The van der Waals surface area contributed by atoms with Crippen molar-refractivity contribution in [3.63, 3.8) is 0 Å². The zero-order valence-corrected chi connectivity index (χ0v) is 25.2. The summed E-state index contributed by atoms with van der Waals surface area (Å²) in [7, 11) is 1.47. The van der Waals surface area contributed by atoms with E-state index in [0.29, 0.717) is 33.0 Å². The number of benzene rings is 3. The second kappa shape index (κ2) is 10.6.